The Morgan fingerprint density at radius 1 is 1.32 bits per heavy atom. The van der Waals surface area contributed by atoms with Crippen LogP contribution in [0.15, 0.2) is 30.4 Å². The Kier molecular flexibility index (Phi) is 4.85. The van der Waals surface area contributed by atoms with E-state index in [4.69, 9.17) is 35.4 Å². The number of phenolic OH excluding ortho intramolecular Hbond substituents is 1. The van der Waals surface area contributed by atoms with Crippen molar-refractivity contribution in [3.63, 3.8) is 0 Å². The predicted molar refractivity (Wildman–Crippen MR) is 88.8 cm³/mol. The summed E-state index contributed by atoms with van der Waals surface area (Å²) in [6.45, 7) is 3.71. The minimum Gasteiger partial charge on any atom is -0.505 e. The second-order valence-corrected chi connectivity index (χ2v) is 5.56. The lowest BCUT2D eigenvalue weighted by atomic mass is 10.1. The molecule has 1 aromatic rings. The number of rotatable bonds is 3. The summed E-state index contributed by atoms with van der Waals surface area (Å²) in [6.07, 6.45) is 2.82. The molecule has 2 N–H and O–H groups in total. The van der Waals surface area contributed by atoms with Gasteiger partial charge >= 0.3 is 0 Å². The van der Waals surface area contributed by atoms with Crippen LogP contribution in [-0.2, 0) is 9.59 Å². The van der Waals surface area contributed by atoms with Crippen molar-refractivity contribution in [1.29, 1.82) is 0 Å². The first-order chi connectivity index (χ1) is 10.3. The summed E-state index contributed by atoms with van der Waals surface area (Å²) in [7, 11) is 0. The highest BCUT2D eigenvalue weighted by Gasteiger charge is 2.32. The summed E-state index contributed by atoms with van der Waals surface area (Å²) in [6, 6.07) is 2.78. The van der Waals surface area contributed by atoms with Gasteiger partial charge in [-0.05, 0) is 36.0 Å². The monoisotopic (exact) mass is 356 g/mol. The van der Waals surface area contributed by atoms with E-state index in [9.17, 15) is 14.7 Å². The molecule has 1 fully saturated rings. The van der Waals surface area contributed by atoms with Crippen molar-refractivity contribution in [1.82, 2.24) is 10.2 Å². The summed E-state index contributed by atoms with van der Waals surface area (Å²) in [5.74, 6) is -1.43. The number of carbonyl (C=O) groups is 2. The lowest BCUT2D eigenvalue weighted by molar-refractivity contribution is -0.128. The Bertz CT molecular complexity index is 708. The van der Waals surface area contributed by atoms with Gasteiger partial charge in [-0.1, -0.05) is 29.3 Å². The van der Waals surface area contributed by atoms with E-state index in [1.165, 1.54) is 29.2 Å². The quantitative estimate of drug-likeness (QED) is 0.378. The second-order valence-electron chi connectivity index (χ2n) is 4.35. The lowest BCUT2D eigenvalue weighted by Crippen LogP contribution is -2.53. The number of thiocarbonyl (C=S) groups is 1. The van der Waals surface area contributed by atoms with Gasteiger partial charge in [0.15, 0.2) is 10.9 Å². The van der Waals surface area contributed by atoms with E-state index in [-0.39, 0.29) is 33.0 Å². The van der Waals surface area contributed by atoms with Gasteiger partial charge in [0, 0.05) is 6.54 Å². The van der Waals surface area contributed by atoms with Gasteiger partial charge in [0.25, 0.3) is 11.8 Å². The topological polar surface area (TPSA) is 69.6 Å². The second kappa shape index (κ2) is 6.48. The summed E-state index contributed by atoms with van der Waals surface area (Å²) >= 11 is 16.6. The minimum absolute atomic E-state index is 0.0153. The molecule has 0 saturated carbocycles. The molecule has 1 heterocycles. The van der Waals surface area contributed by atoms with Crippen molar-refractivity contribution in [3.05, 3.63) is 46.0 Å². The Morgan fingerprint density at radius 2 is 1.91 bits per heavy atom. The van der Waals surface area contributed by atoms with Gasteiger partial charge in [0.2, 0.25) is 0 Å². The number of benzene rings is 1. The molecule has 1 saturated heterocycles. The van der Waals surface area contributed by atoms with E-state index in [0.29, 0.717) is 5.56 Å². The van der Waals surface area contributed by atoms with Crippen molar-refractivity contribution in [3.8, 4) is 5.75 Å². The number of nitrogens with one attached hydrogen (secondary N) is 1. The number of halogens is 2. The molecular formula is C14H10Cl2N2O3S. The molecule has 22 heavy (non-hydrogen) atoms. The van der Waals surface area contributed by atoms with Gasteiger partial charge in [-0.15, -0.1) is 6.58 Å². The molecule has 8 heteroatoms. The number of nitrogens with zero attached hydrogens (tertiary/aromatic N) is 1. The summed E-state index contributed by atoms with van der Waals surface area (Å²) in [5, 5.41) is 12.0. The Labute approximate surface area is 141 Å². The average molecular weight is 357 g/mol. The highest BCUT2D eigenvalue weighted by Crippen LogP contribution is 2.33. The Balaban J connectivity index is 2.45. The molecule has 0 radical (unpaired) electrons. The maximum absolute atomic E-state index is 12.3. The molecule has 0 spiro atoms. The fourth-order valence-corrected chi connectivity index (χ4v) is 2.58. The highest BCUT2D eigenvalue weighted by molar-refractivity contribution is 7.80. The van der Waals surface area contributed by atoms with E-state index >= 15 is 0 Å². The fraction of sp³-hybridized carbons (Fsp3) is 0.0714. The highest BCUT2D eigenvalue weighted by atomic mass is 35.5. The zero-order chi connectivity index (χ0) is 16.4. The van der Waals surface area contributed by atoms with Crippen molar-refractivity contribution >= 4 is 58.4 Å². The molecule has 0 unspecified atom stereocenters. The van der Waals surface area contributed by atoms with Crippen molar-refractivity contribution in [2.24, 2.45) is 0 Å². The average Bonchev–Trinajstić information content (AvgIpc) is 2.45. The molecule has 1 aliphatic rings. The first-order valence-electron chi connectivity index (χ1n) is 6.03. The van der Waals surface area contributed by atoms with E-state index in [1.807, 2.05) is 0 Å². The zero-order valence-electron chi connectivity index (χ0n) is 11.1. The molecule has 2 rings (SSSR count). The largest absolute Gasteiger partial charge is 0.505 e. The van der Waals surface area contributed by atoms with Crippen LogP contribution in [-0.4, -0.2) is 33.5 Å². The van der Waals surface area contributed by atoms with Gasteiger partial charge in [-0.2, -0.15) is 0 Å². The SMILES string of the molecule is C=CCN1C(=O)C(=Cc2cc(Cl)c(O)c(Cl)c2)C(=O)NC1=S. The molecule has 1 aromatic carbocycles. The lowest BCUT2D eigenvalue weighted by Gasteiger charge is -2.27. The zero-order valence-corrected chi connectivity index (χ0v) is 13.4. The summed E-state index contributed by atoms with van der Waals surface area (Å²) in [4.78, 5) is 25.5. The van der Waals surface area contributed by atoms with E-state index in [2.05, 4.69) is 11.9 Å². The molecule has 1 aliphatic heterocycles. The normalized spacial score (nSPS) is 16.9. The number of aromatic hydroxyl groups is 1. The molecule has 114 valence electrons. The number of hydrogen-bond acceptors (Lipinski definition) is 4. The summed E-state index contributed by atoms with van der Waals surface area (Å²) < 4.78 is 0. The van der Waals surface area contributed by atoms with Gasteiger partial charge < -0.3 is 5.11 Å². The van der Waals surface area contributed by atoms with Crippen LogP contribution >= 0.6 is 35.4 Å². The number of hydrogen-bond donors (Lipinski definition) is 2. The van der Waals surface area contributed by atoms with Gasteiger partial charge in [0.1, 0.15) is 5.57 Å². The third-order valence-electron chi connectivity index (χ3n) is 2.85. The first-order valence-corrected chi connectivity index (χ1v) is 7.19. The number of carbonyl (C=O) groups excluding carboxylic acids is 2. The van der Waals surface area contributed by atoms with Crippen molar-refractivity contribution in [2.45, 2.75) is 0 Å². The minimum atomic E-state index is -0.615. The van der Waals surface area contributed by atoms with Crippen LogP contribution in [0.25, 0.3) is 6.08 Å². The van der Waals surface area contributed by atoms with E-state index in [1.54, 1.807) is 0 Å². The van der Waals surface area contributed by atoms with Crippen LogP contribution in [0.5, 0.6) is 5.75 Å². The van der Waals surface area contributed by atoms with Crippen molar-refractivity contribution in [2.75, 3.05) is 6.54 Å². The van der Waals surface area contributed by atoms with Crippen LogP contribution in [0.3, 0.4) is 0 Å². The molecule has 0 atom stereocenters. The fourth-order valence-electron chi connectivity index (χ4n) is 1.82. The number of phenols is 1. The maximum atomic E-state index is 12.3. The Morgan fingerprint density at radius 3 is 2.45 bits per heavy atom. The van der Waals surface area contributed by atoms with Gasteiger partial charge in [0.05, 0.1) is 10.0 Å². The van der Waals surface area contributed by atoms with Crippen LogP contribution in [0.2, 0.25) is 10.0 Å². The first kappa shape index (κ1) is 16.5. The van der Waals surface area contributed by atoms with Gasteiger partial charge in [-0.3, -0.25) is 19.8 Å². The third kappa shape index (κ3) is 3.14. The standard InChI is InChI=1S/C14H10Cl2N2O3S/c1-2-3-18-13(21)8(12(20)17-14(18)22)4-7-5-9(15)11(19)10(16)6-7/h2,4-6,19H,1,3H2,(H,17,20,22). The maximum Gasteiger partial charge on any atom is 0.265 e. The van der Waals surface area contributed by atoms with Crippen LogP contribution in [0.1, 0.15) is 5.56 Å². The van der Waals surface area contributed by atoms with E-state index < -0.39 is 11.8 Å². The molecule has 2 amide bonds. The summed E-state index contributed by atoms with van der Waals surface area (Å²) in [5.41, 5.74) is 0.283. The van der Waals surface area contributed by atoms with Crippen LogP contribution in [0.4, 0.5) is 0 Å². The third-order valence-corrected chi connectivity index (χ3v) is 3.75. The Hall–Kier alpha value is -1.89. The molecule has 0 bridgehead atoms. The molecular weight excluding hydrogens is 347 g/mol. The molecule has 5 nitrogen and oxygen atoms in total. The smallest absolute Gasteiger partial charge is 0.265 e. The van der Waals surface area contributed by atoms with Crippen LogP contribution in [0, 0.1) is 0 Å². The molecule has 0 aromatic heterocycles. The van der Waals surface area contributed by atoms with Crippen molar-refractivity contribution < 1.29 is 14.7 Å². The van der Waals surface area contributed by atoms with E-state index in [0.717, 1.165) is 0 Å². The predicted octanol–water partition coefficient (Wildman–Crippen LogP) is 2.51. The van der Waals surface area contributed by atoms with Gasteiger partial charge in [-0.25, -0.2) is 0 Å². The molecule has 0 aliphatic carbocycles. The number of amides is 2. The van der Waals surface area contributed by atoms with Crippen LogP contribution < -0.4 is 5.32 Å².